The zero-order chi connectivity index (χ0) is 11.8. The van der Waals surface area contributed by atoms with E-state index in [0.717, 1.165) is 0 Å². The maximum absolute atomic E-state index is 12.0. The molecule has 9 heteroatoms. The first kappa shape index (κ1) is 11.0. The van der Waals surface area contributed by atoms with Gasteiger partial charge in [-0.1, -0.05) is 0 Å². The normalized spacial score (nSPS) is 11.4. The first-order valence-electron chi connectivity index (χ1n) is 3.37. The smallest absolute Gasteiger partial charge is 0.449 e. The van der Waals surface area contributed by atoms with Crippen molar-refractivity contribution >= 4 is 11.9 Å². The van der Waals surface area contributed by atoms with Gasteiger partial charge in [-0.2, -0.15) is 13.2 Å². The quantitative estimate of drug-likeness (QED) is 0.690. The van der Waals surface area contributed by atoms with Crippen LogP contribution < -0.4 is 0 Å². The molecule has 1 heterocycles. The van der Waals surface area contributed by atoms with Gasteiger partial charge in [0.1, 0.15) is 0 Å². The number of hydrogen-bond donors (Lipinski definition) is 3. The largest absolute Gasteiger partial charge is 0.477 e. The van der Waals surface area contributed by atoms with E-state index in [-0.39, 0.29) is 0 Å². The number of rotatable bonds is 2. The number of aromatic nitrogens is 2. The van der Waals surface area contributed by atoms with E-state index in [9.17, 15) is 22.8 Å². The monoisotopic (exact) mass is 224 g/mol. The predicted molar refractivity (Wildman–Crippen MR) is 37.5 cm³/mol. The molecule has 15 heavy (non-hydrogen) atoms. The number of carboxylic acid groups (broad SMARTS) is 2. The number of aromatic amines is 1. The Morgan fingerprint density at radius 2 is 1.73 bits per heavy atom. The molecule has 0 spiro atoms. The number of carboxylic acids is 2. The second-order valence-corrected chi connectivity index (χ2v) is 2.42. The SMILES string of the molecule is O=C(O)c1nc(C(F)(F)F)[nH]c1C(=O)O. The molecule has 0 radical (unpaired) electrons. The molecule has 0 saturated carbocycles. The number of H-pyrrole nitrogens is 1. The standard InChI is InChI=1S/C6H3F3N2O4/c7-6(8,9)5-10-1(3(12)13)2(11-5)4(14)15/h(H,10,11)(H,12,13)(H,14,15). The third-order valence-electron chi connectivity index (χ3n) is 1.39. The van der Waals surface area contributed by atoms with Crippen LogP contribution in [0.1, 0.15) is 26.8 Å². The highest BCUT2D eigenvalue weighted by Crippen LogP contribution is 2.27. The van der Waals surface area contributed by atoms with Gasteiger partial charge in [-0.25, -0.2) is 14.6 Å². The van der Waals surface area contributed by atoms with Crippen LogP contribution in [-0.2, 0) is 6.18 Å². The Morgan fingerprint density at radius 1 is 1.20 bits per heavy atom. The van der Waals surface area contributed by atoms with Gasteiger partial charge in [0.25, 0.3) is 0 Å². The molecule has 0 aliphatic carbocycles. The fourth-order valence-corrected chi connectivity index (χ4v) is 0.817. The summed E-state index contributed by atoms with van der Waals surface area (Å²) in [6.45, 7) is 0. The van der Waals surface area contributed by atoms with E-state index in [2.05, 4.69) is 4.98 Å². The summed E-state index contributed by atoms with van der Waals surface area (Å²) >= 11 is 0. The number of nitrogens with one attached hydrogen (secondary N) is 1. The van der Waals surface area contributed by atoms with Gasteiger partial charge in [-0.15, -0.1) is 0 Å². The molecule has 3 N–H and O–H groups in total. The third-order valence-corrected chi connectivity index (χ3v) is 1.39. The highest BCUT2D eigenvalue weighted by atomic mass is 19.4. The molecule has 0 atom stereocenters. The van der Waals surface area contributed by atoms with Crippen molar-refractivity contribution in [2.24, 2.45) is 0 Å². The second kappa shape index (κ2) is 3.26. The van der Waals surface area contributed by atoms with Crippen molar-refractivity contribution < 1.29 is 33.0 Å². The molecule has 1 aromatic rings. The number of nitrogens with zero attached hydrogens (tertiary/aromatic N) is 1. The first-order valence-corrected chi connectivity index (χ1v) is 3.37. The zero-order valence-electron chi connectivity index (χ0n) is 6.79. The van der Waals surface area contributed by atoms with Gasteiger partial charge < -0.3 is 15.2 Å². The van der Waals surface area contributed by atoms with Crippen LogP contribution in [0.2, 0.25) is 0 Å². The first-order chi connectivity index (χ1) is 6.73. The molecule has 0 saturated heterocycles. The number of hydrogen-bond acceptors (Lipinski definition) is 3. The van der Waals surface area contributed by atoms with Crippen molar-refractivity contribution in [3.05, 3.63) is 17.2 Å². The lowest BCUT2D eigenvalue weighted by molar-refractivity contribution is -0.144. The summed E-state index contributed by atoms with van der Waals surface area (Å²) in [7, 11) is 0. The molecular formula is C6H3F3N2O4. The summed E-state index contributed by atoms with van der Waals surface area (Å²) in [5.41, 5.74) is -2.27. The molecule has 6 nitrogen and oxygen atoms in total. The molecule has 0 bridgehead atoms. The van der Waals surface area contributed by atoms with E-state index < -0.39 is 35.3 Å². The summed E-state index contributed by atoms with van der Waals surface area (Å²) in [5.74, 6) is -5.33. The van der Waals surface area contributed by atoms with Crippen LogP contribution in [0.25, 0.3) is 0 Å². The molecule has 0 unspecified atom stereocenters. The van der Waals surface area contributed by atoms with E-state index in [1.54, 1.807) is 0 Å². The van der Waals surface area contributed by atoms with Crippen molar-refractivity contribution in [2.75, 3.05) is 0 Å². The molecule has 82 valence electrons. The van der Waals surface area contributed by atoms with Gasteiger partial charge in [0.2, 0.25) is 5.82 Å². The lowest BCUT2D eigenvalue weighted by Gasteiger charge is -1.99. The molecule has 1 aromatic heterocycles. The predicted octanol–water partition coefficient (Wildman–Crippen LogP) is 0.825. The molecule has 0 amide bonds. The van der Waals surface area contributed by atoms with Gasteiger partial charge in [0, 0.05) is 0 Å². The fourth-order valence-electron chi connectivity index (χ4n) is 0.817. The molecular weight excluding hydrogens is 221 g/mol. The third kappa shape index (κ3) is 2.06. The summed E-state index contributed by atoms with van der Waals surface area (Å²) in [4.78, 5) is 24.7. The summed E-state index contributed by atoms with van der Waals surface area (Å²) in [6.07, 6.45) is -4.92. The van der Waals surface area contributed by atoms with E-state index in [4.69, 9.17) is 10.2 Å². The van der Waals surface area contributed by atoms with E-state index in [1.807, 2.05) is 0 Å². The molecule has 0 aliphatic heterocycles. The van der Waals surface area contributed by atoms with Crippen LogP contribution in [0.5, 0.6) is 0 Å². The van der Waals surface area contributed by atoms with Gasteiger partial charge in [0.15, 0.2) is 11.4 Å². The van der Waals surface area contributed by atoms with Crippen molar-refractivity contribution in [1.82, 2.24) is 9.97 Å². The maximum Gasteiger partial charge on any atom is 0.449 e. The number of carbonyl (C=O) groups is 2. The Bertz CT molecular complexity index is 391. The van der Waals surface area contributed by atoms with Crippen LogP contribution >= 0.6 is 0 Å². The van der Waals surface area contributed by atoms with E-state index in [0.29, 0.717) is 0 Å². The number of imidazole rings is 1. The number of halogens is 3. The van der Waals surface area contributed by atoms with Crippen LogP contribution in [0.3, 0.4) is 0 Å². The molecule has 0 fully saturated rings. The van der Waals surface area contributed by atoms with Crippen LogP contribution in [-0.4, -0.2) is 32.1 Å². The molecule has 1 rings (SSSR count). The zero-order valence-corrected chi connectivity index (χ0v) is 6.79. The lowest BCUT2D eigenvalue weighted by Crippen LogP contribution is -2.08. The summed E-state index contributed by atoms with van der Waals surface area (Å²) in [5, 5.41) is 16.8. The van der Waals surface area contributed by atoms with Gasteiger partial charge >= 0.3 is 18.1 Å². The topological polar surface area (TPSA) is 103 Å². The van der Waals surface area contributed by atoms with Crippen LogP contribution in [0.15, 0.2) is 0 Å². The van der Waals surface area contributed by atoms with E-state index in [1.165, 1.54) is 4.98 Å². The van der Waals surface area contributed by atoms with E-state index >= 15 is 0 Å². The Labute approximate surface area is 79.4 Å². The minimum absolute atomic E-state index is 1.10. The Hall–Kier alpha value is -2.06. The maximum atomic E-state index is 12.0. The van der Waals surface area contributed by atoms with Crippen molar-refractivity contribution in [3.63, 3.8) is 0 Å². The average Bonchev–Trinajstić information content (AvgIpc) is 2.45. The summed E-state index contributed by atoms with van der Waals surface area (Å²) < 4.78 is 36.1. The molecule has 0 aromatic carbocycles. The average molecular weight is 224 g/mol. The fraction of sp³-hybridized carbons (Fsp3) is 0.167. The van der Waals surface area contributed by atoms with Crippen molar-refractivity contribution in [3.8, 4) is 0 Å². The summed E-state index contributed by atoms with van der Waals surface area (Å²) in [6, 6.07) is 0. The van der Waals surface area contributed by atoms with Crippen molar-refractivity contribution in [2.45, 2.75) is 6.18 Å². The van der Waals surface area contributed by atoms with Crippen molar-refractivity contribution in [1.29, 1.82) is 0 Å². The number of alkyl halides is 3. The van der Waals surface area contributed by atoms with Crippen LogP contribution in [0, 0.1) is 0 Å². The van der Waals surface area contributed by atoms with Gasteiger partial charge in [-0.05, 0) is 0 Å². The highest BCUT2D eigenvalue weighted by Gasteiger charge is 2.37. The van der Waals surface area contributed by atoms with Crippen LogP contribution in [0.4, 0.5) is 13.2 Å². The molecule has 0 aliphatic rings. The van der Waals surface area contributed by atoms with Gasteiger partial charge in [0.05, 0.1) is 0 Å². The number of aromatic carboxylic acids is 2. The second-order valence-electron chi connectivity index (χ2n) is 2.42. The Balaban J connectivity index is 3.34. The minimum Gasteiger partial charge on any atom is -0.477 e. The minimum atomic E-state index is -4.92. The lowest BCUT2D eigenvalue weighted by atomic mass is 10.3. The Kier molecular flexibility index (Phi) is 2.39. The highest BCUT2D eigenvalue weighted by molar-refractivity contribution is 5.98. The Morgan fingerprint density at radius 3 is 2.00 bits per heavy atom. The van der Waals surface area contributed by atoms with Gasteiger partial charge in [-0.3, -0.25) is 0 Å².